The van der Waals surface area contributed by atoms with Gasteiger partial charge in [0.1, 0.15) is 0 Å². The van der Waals surface area contributed by atoms with Gasteiger partial charge in [0.05, 0.1) is 5.60 Å². The first-order valence-corrected chi connectivity index (χ1v) is 9.17. The first-order valence-electron chi connectivity index (χ1n) is 9.17. The van der Waals surface area contributed by atoms with Crippen LogP contribution in [0.25, 0.3) is 0 Å². The molecule has 1 heterocycles. The van der Waals surface area contributed by atoms with E-state index in [-0.39, 0.29) is 5.91 Å². The van der Waals surface area contributed by atoms with E-state index in [0.717, 1.165) is 38.6 Å². The zero-order valence-electron chi connectivity index (χ0n) is 15.2. The van der Waals surface area contributed by atoms with Crippen LogP contribution in [0.15, 0.2) is 30.3 Å². The van der Waals surface area contributed by atoms with Gasteiger partial charge in [0.25, 0.3) is 0 Å². The summed E-state index contributed by atoms with van der Waals surface area (Å²) < 4.78 is 0. The highest BCUT2D eigenvalue weighted by molar-refractivity contribution is 5.76. The average Bonchev–Trinajstić information content (AvgIpc) is 2.73. The molecule has 24 heavy (non-hydrogen) atoms. The number of likely N-dealkylation sites (N-methyl/N-ethyl adjacent to an activating group) is 1. The number of carbonyl (C=O) groups is 1. The predicted octanol–water partition coefficient (Wildman–Crippen LogP) is 2.70. The van der Waals surface area contributed by atoms with Crippen LogP contribution in [0, 0.1) is 0 Å². The van der Waals surface area contributed by atoms with Gasteiger partial charge >= 0.3 is 0 Å². The Bertz CT molecular complexity index is 504. The molecule has 1 aromatic carbocycles. The van der Waals surface area contributed by atoms with Gasteiger partial charge in [-0.25, -0.2) is 0 Å². The van der Waals surface area contributed by atoms with E-state index in [9.17, 15) is 9.90 Å². The maximum Gasteiger partial charge on any atom is 0.222 e. The number of aryl methyl sites for hydroxylation is 1. The Hall–Kier alpha value is -1.39. The largest absolute Gasteiger partial charge is 0.388 e. The van der Waals surface area contributed by atoms with Crippen LogP contribution >= 0.6 is 0 Å². The molecule has 0 spiro atoms. The summed E-state index contributed by atoms with van der Waals surface area (Å²) in [5, 5.41) is 10.7. The summed E-state index contributed by atoms with van der Waals surface area (Å²) in [6.45, 7) is 2.14. The van der Waals surface area contributed by atoms with Gasteiger partial charge in [-0.15, -0.1) is 0 Å². The maximum atomic E-state index is 12.4. The fourth-order valence-corrected chi connectivity index (χ4v) is 3.58. The molecule has 0 saturated carbocycles. The molecule has 1 saturated heterocycles. The molecular formula is C20H32N2O2. The number of nitrogens with zero attached hydrogens (tertiary/aromatic N) is 2. The third-order valence-electron chi connectivity index (χ3n) is 4.83. The lowest BCUT2D eigenvalue weighted by Gasteiger charge is -2.30. The van der Waals surface area contributed by atoms with Crippen molar-refractivity contribution in [1.29, 1.82) is 0 Å². The second kappa shape index (κ2) is 9.19. The van der Waals surface area contributed by atoms with Gasteiger partial charge in [0, 0.05) is 26.1 Å². The van der Waals surface area contributed by atoms with Crippen LogP contribution < -0.4 is 0 Å². The van der Waals surface area contributed by atoms with Crippen LogP contribution in [-0.4, -0.2) is 60.1 Å². The molecule has 1 amide bonds. The molecule has 1 aliphatic rings. The number of unbranched alkanes of at least 4 members (excludes halogenated alkanes) is 1. The standard InChI is InChI=1S/C20H32N2O2/c1-21(2)17-20(24)13-8-15-22(16-14-20)19(23)12-7-6-11-18-9-4-3-5-10-18/h3-5,9-10,24H,6-8,11-17H2,1-2H3. The van der Waals surface area contributed by atoms with Crippen molar-refractivity contribution in [2.75, 3.05) is 33.7 Å². The second-order valence-corrected chi connectivity index (χ2v) is 7.39. The summed E-state index contributed by atoms with van der Waals surface area (Å²) in [5.74, 6) is 0.247. The highest BCUT2D eigenvalue weighted by atomic mass is 16.3. The molecule has 4 nitrogen and oxygen atoms in total. The summed E-state index contributed by atoms with van der Waals surface area (Å²) in [7, 11) is 3.97. The van der Waals surface area contributed by atoms with E-state index in [1.807, 2.05) is 30.0 Å². The van der Waals surface area contributed by atoms with Crippen molar-refractivity contribution in [3.05, 3.63) is 35.9 Å². The highest BCUT2D eigenvalue weighted by Crippen LogP contribution is 2.23. The molecule has 1 atom stereocenters. The monoisotopic (exact) mass is 332 g/mol. The zero-order valence-corrected chi connectivity index (χ0v) is 15.2. The fourth-order valence-electron chi connectivity index (χ4n) is 3.58. The molecule has 1 aliphatic heterocycles. The third kappa shape index (κ3) is 6.25. The zero-order chi connectivity index (χ0) is 17.4. The van der Waals surface area contributed by atoms with Crippen LogP contribution in [0.1, 0.15) is 44.1 Å². The minimum atomic E-state index is -0.647. The molecule has 1 unspecified atom stereocenters. The average molecular weight is 332 g/mol. The summed E-state index contributed by atoms with van der Waals surface area (Å²) in [5.41, 5.74) is 0.694. The Morgan fingerprint density at radius 1 is 1.17 bits per heavy atom. The smallest absolute Gasteiger partial charge is 0.222 e. The van der Waals surface area contributed by atoms with Crippen LogP contribution in [0.4, 0.5) is 0 Å². The van der Waals surface area contributed by atoms with Gasteiger partial charge < -0.3 is 14.9 Å². The lowest BCUT2D eigenvalue weighted by atomic mass is 9.94. The van der Waals surface area contributed by atoms with Crippen LogP contribution in [-0.2, 0) is 11.2 Å². The third-order valence-corrected chi connectivity index (χ3v) is 4.83. The van der Waals surface area contributed by atoms with E-state index in [1.165, 1.54) is 5.56 Å². The van der Waals surface area contributed by atoms with Crippen LogP contribution in [0.5, 0.6) is 0 Å². The molecule has 1 fully saturated rings. The number of hydrogen-bond donors (Lipinski definition) is 1. The number of likely N-dealkylation sites (tertiary alicyclic amines) is 1. The summed E-state index contributed by atoms with van der Waals surface area (Å²) in [6.07, 6.45) is 6.00. The fraction of sp³-hybridized carbons (Fsp3) is 0.650. The summed E-state index contributed by atoms with van der Waals surface area (Å²) in [6, 6.07) is 10.4. The van der Waals surface area contributed by atoms with Crippen molar-refractivity contribution in [1.82, 2.24) is 9.80 Å². The minimum Gasteiger partial charge on any atom is -0.388 e. The van der Waals surface area contributed by atoms with Gasteiger partial charge in [-0.3, -0.25) is 4.79 Å². The van der Waals surface area contributed by atoms with E-state index in [0.29, 0.717) is 25.9 Å². The molecule has 1 aromatic rings. The second-order valence-electron chi connectivity index (χ2n) is 7.39. The molecule has 2 rings (SSSR count). The SMILES string of the molecule is CN(C)CC1(O)CCCN(C(=O)CCCCc2ccccc2)CC1. The molecule has 0 bridgehead atoms. The topological polar surface area (TPSA) is 43.8 Å². The molecule has 134 valence electrons. The number of aliphatic hydroxyl groups is 1. The minimum absolute atomic E-state index is 0.247. The Labute approximate surface area is 146 Å². The Kier molecular flexibility index (Phi) is 7.25. The number of amides is 1. The van der Waals surface area contributed by atoms with Gasteiger partial charge in [0.15, 0.2) is 0 Å². The number of rotatable bonds is 7. The molecule has 4 heteroatoms. The quantitative estimate of drug-likeness (QED) is 0.781. The Morgan fingerprint density at radius 3 is 2.62 bits per heavy atom. The first-order chi connectivity index (χ1) is 11.5. The molecule has 0 aliphatic carbocycles. The van der Waals surface area contributed by atoms with Gasteiger partial charge in [0.2, 0.25) is 5.91 Å². The van der Waals surface area contributed by atoms with Crippen LogP contribution in [0.2, 0.25) is 0 Å². The number of benzene rings is 1. The lowest BCUT2D eigenvalue weighted by Crippen LogP contribution is -2.41. The maximum absolute atomic E-state index is 12.4. The van der Waals surface area contributed by atoms with Crippen molar-refractivity contribution in [2.45, 2.75) is 50.5 Å². The van der Waals surface area contributed by atoms with E-state index in [1.54, 1.807) is 0 Å². The van der Waals surface area contributed by atoms with Crippen molar-refractivity contribution in [3.8, 4) is 0 Å². The lowest BCUT2D eigenvalue weighted by molar-refractivity contribution is -0.131. The Morgan fingerprint density at radius 2 is 1.92 bits per heavy atom. The summed E-state index contributed by atoms with van der Waals surface area (Å²) in [4.78, 5) is 16.4. The van der Waals surface area contributed by atoms with Crippen LogP contribution in [0.3, 0.4) is 0 Å². The van der Waals surface area contributed by atoms with Gasteiger partial charge in [-0.05, 0) is 58.2 Å². The van der Waals surface area contributed by atoms with E-state index < -0.39 is 5.60 Å². The number of carbonyl (C=O) groups excluding carboxylic acids is 1. The van der Waals surface area contributed by atoms with Gasteiger partial charge in [-0.2, -0.15) is 0 Å². The molecule has 0 aromatic heterocycles. The Balaban J connectivity index is 1.70. The normalized spacial score (nSPS) is 21.8. The first kappa shape index (κ1) is 18.9. The van der Waals surface area contributed by atoms with E-state index in [4.69, 9.17) is 0 Å². The molecule has 1 N–H and O–H groups in total. The molecular weight excluding hydrogens is 300 g/mol. The van der Waals surface area contributed by atoms with Crippen molar-refractivity contribution in [2.24, 2.45) is 0 Å². The molecule has 0 radical (unpaired) electrons. The van der Waals surface area contributed by atoms with Gasteiger partial charge in [-0.1, -0.05) is 30.3 Å². The van der Waals surface area contributed by atoms with E-state index in [2.05, 4.69) is 24.3 Å². The summed E-state index contributed by atoms with van der Waals surface area (Å²) >= 11 is 0. The van der Waals surface area contributed by atoms with Crippen molar-refractivity contribution in [3.63, 3.8) is 0 Å². The highest BCUT2D eigenvalue weighted by Gasteiger charge is 2.31. The number of hydrogen-bond acceptors (Lipinski definition) is 3. The van der Waals surface area contributed by atoms with Crippen molar-refractivity contribution < 1.29 is 9.90 Å². The predicted molar refractivity (Wildman–Crippen MR) is 97.9 cm³/mol. The van der Waals surface area contributed by atoms with Crippen molar-refractivity contribution >= 4 is 5.91 Å². The van der Waals surface area contributed by atoms with E-state index >= 15 is 0 Å².